The summed E-state index contributed by atoms with van der Waals surface area (Å²) in [6, 6.07) is 8.63. The van der Waals surface area contributed by atoms with Crippen LogP contribution in [0.3, 0.4) is 0 Å². The molecule has 2 N–H and O–H groups in total. The Labute approximate surface area is 102 Å². The average Bonchev–Trinajstić information content (AvgIpc) is 2.91. The summed E-state index contributed by atoms with van der Waals surface area (Å²) in [7, 11) is 0. The summed E-state index contributed by atoms with van der Waals surface area (Å²) in [5.74, 6) is 0.661. The van der Waals surface area contributed by atoms with Gasteiger partial charge in [0.15, 0.2) is 0 Å². The molecule has 0 bridgehead atoms. The van der Waals surface area contributed by atoms with Crippen molar-refractivity contribution in [3.63, 3.8) is 0 Å². The lowest BCUT2D eigenvalue weighted by molar-refractivity contribution is 0.447. The second-order valence-corrected chi connectivity index (χ2v) is 5.01. The van der Waals surface area contributed by atoms with Crippen LogP contribution in [0.2, 0.25) is 0 Å². The van der Waals surface area contributed by atoms with Crippen molar-refractivity contribution < 1.29 is 0 Å². The Bertz CT molecular complexity index is 510. The number of nitrogens with two attached hydrogens (primary N) is 1. The Morgan fingerprint density at radius 2 is 2.00 bits per heavy atom. The first-order valence-corrected chi connectivity index (χ1v) is 6.44. The number of hydrogen-bond donors (Lipinski definition) is 1. The van der Waals surface area contributed by atoms with Crippen molar-refractivity contribution in [2.24, 2.45) is 11.7 Å². The minimum atomic E-state index is 0.184. The van der Waals surface area contributed by atoms with Gasteiger partial charge in [-0.3, -0.25) is 4.98 Å². The summed E-state index contributed by atoms with van der Waals surface area (Å²) in [4.78, 5) is 4.17. The van der Waals surface area contributed by atoms with Crippen LogP contribution in [0.25, 0.3) is 10.8 Å². The van der Waals surface area contributed by atoms with Gasteiger partial charge < -0.3 is 5.73 Å². The van der Waals surface area contributed by atoms with Gasteiger partial charge in [0.25, 0.3) is 0 Å². The van der Waals surface area contributed by atoms with Gasteiger partial charge in [-0.1, -0.05) is 31.0 Å². The van der Waals surface area contributed by atoms with Crippen molar-refractivity contribution in [3.8, 4) is 0 Å². The van der Waals surface area contributed by atoms with E-state index in [1.54, 1.807) is 0 Å². The van der Waals surface area contributed by atoms with Crippen molar-refractivity contribution in [1.29, 1.82) is 0 Å². The zero-order valence-corrected chi connectivity index (χ0v) is 9.97. The van der Waals surface area contributed by atoms with E-state index in [1.165, 1.54) is 42.0 Å². The van der Waals surface area contributed by atoms with Crippen molar-refractivity contribution in [2.75, 3.05) is 0 Å². The number of benzene rings is 1. The van der Waals surface area contributed by atoms with Crippen LogP contribution in [0.1, 0.15) is 37.3 Å². The van der Waals surface area contributed by atoms with Gasteiger partial charge in [-0.25, -0.2) is 0 Å². The van der Waals surface area contributed by atoms with E-state index in [0.29, 0.717) is 5.92 Å². The van der Waals surface area contributed by atoms with E-state index in [4.69, 9.17) is 5.73 Å². The standard InChI is InChI=1S/C15H18N2/c16-15(11-4-1-2-5-11)14-7-3-6-12-10-17-9-8-13(12)14/h3,6-11,15H,1-2,4-5,16H2. The molecule has 1 aromatic carbocycles. The number of fused-ring (bicyclic) bond motifs is 1. The summed E-state index contributed by atoms with van der Waals surface area (Å²) >= 11 is 0. The van der Waals surface area contributed by atoms with Crippen molar-refractivity contribution in [1.82, 2.24) is 4.98 Å². The Morgan fingerprint density at radius 1 is 1.18 bits per heavy atom. The molecule has 2 nitrogen and oxygen atoms in total. The Balaban J connectivity index is 2.04. The number of nitrogens with zero attached hydrogens (tertiary/aromatic N) is 1. The third-order valence-corrected chi connectivity index (χ3v) is 3.98. The zero-order chi connectivity index (χ0) is 11.7. The van der Waals surface area contributed by atoms with Gasteiger partial charge in [-0.05, 0) is 35.8 Å². The molecule has 1 aliphatic carbocycles. The van der Waals surface area contributed by atoms with E-state index in [-0.39, 0.29) is 6.04 Å². The molecule has 0 amide bonds. The molecule has 1 atom stereocenters. The van der Waals surface area contributed by atoms with Gasteiger partial charge in [0.05, 0.1) is 0 Å². The number of aromatic nitrogens is 1. The maximum Gasteiger partial charge on any atom is 0.0346 e. The van der Waals surface area contributed by atoms with Gasteiger partial charge in [0.1, 0.15) is 0 Å². The Morgan fingerprint density at radius 3 is 2.82 bits per heavy atom. The van der Waals surface area contributed by atoms with Crippen molar-refractivity contribution in [3.05, 3.63) is 42.2 Å². The molecule has 0 spiro atoms. The van der Waals surface area contributed by atoms with Gasteiger partial charge in [0.2, 0.25) is 0 Å². The first-order chi connectivity index (χ1) is 8.36. The fourth-order valence-corrected chi connectivity index (χ4v) is 3.01. The normalized spacial score (nSPS) is 18.6. The predicted octanol–water partition coefficient (Wildman–Crippen LogP) is 3.42. The second-order valence-electron chi connectivity index (χ2n) is 5.01. The molecular formula is C15H18N2. The zero-order valence-electron chi connectivity index (χ0n) is 9.97. The molecule has 0 aliphatic heterocycles. The molecule has 1 aliphatic rings. The summed E-state index contributed by atoms with van der Waals surface area (Å²) in [5, 5.41) is 2.46. The van der Waals surface area contributed by atoms with Gasteiger partial charge in [0, 0.05) is 23.8 Å². The summed E-state index contributed by atoms with van der Waals surface area (Å²) in [6.07, 6.45) is 9.01. The van der Waals surface area contributed by atoms with Crippen LogP contribution < -0.4 is 5.73 Å². The van der Waals surface area contributed by atoms with Gasteiger partial charge in [-0.15, -0.1) is 0 Å². The van der Waals surface area contributed by atoms with Gasteiger partial charge in [-0.2, -0.15) is 0 Å². The lowest BCUT2D eigenvalue weighted by atomic mass is 9.90. The SMILES string of the molecule is NC(c1cccc2cnccc12)C1CCCC1. The first-order valence-electron chi connectivity index (χ1n) is 6.44. The van der Waals surface area contributed by atoms with Crippen LogP contribution >= 0.6 is 0 Å². The summed E-state index contributed by atoms with van der Waals surface area (Å²) < 4.78 is 0. The smallest absolute Gasteiger partial charge is 0.0346 e. The monoisotopic (exact) mass is 226 g/mol. The molecule has 3 rings (SSSR count). The van der Waals surface area contributed by atoms with E-state index in [1.807, 2.05) is 12.4 Å². The molecule has 1 saturated carbocycles. The molecule has 0 saturated heterocycles. The molecule has 1 aromatic heterocycles. The second kappa shape index (κ2) is 4.46. The topological polar surface area (TPSA) is 38.9 Å². The average molecular weight is 226 g/mol. The lowest BCUT2D eigenvalue weighted by Crippen LogP contribution is -2.19. The number of pyridine rings is 1. The van der Waals surface area contributed by atoms with E-state index in [9.17, 15) is 0 Å². The highest BCUT2D eigenvalue weighted by atomic mass is 14.7. The molecule has 2 heteroatoms. The van der Waals surface area contributed by atoms with Crippen molar-refractivity contribution in [2.45, 2.75) is 31.7 Å². The van der Waals surface area contributed by atoms with Crippen molar-refractivity contribution >= 4 is 10.8 Å². The highest BCUT2D eigenvalue weighted by molar-refractivity contribution is 5.85. The molecule has 1 unspecified atom stereocenters. The third kappa shape index (κ3) is 1.93. The molecule has 2 aromatic rings. The maximum absolute atomic E-state index is 6.45. The molecule has 1 fully saturated rings. The molecule has 1 heterocycles. The lowest BCUT2D eigenvalue weighted by Gasteiger charge is -2.20. The van der Waals surface area contributed by atoms with Gasteiger partial charge >= 0.3 is 0 Å². The van der Waals surface area contributed by atoms with Crippen LogP contribution in [0.4, 0.5) is 0 Å². The van der Waals surface area contributed by atoms with Crippen LogP contribution in [0, 0.1) is 5.92 Å². The number of rotatable bonds is 2. The minimum Gasteiger partial charge on any atom is -0.324 e. The fourth-order valence-electron chi connectivity index (χ4n) is 3.01. The van der Waals surface area contributed by atoms with Crippen LogP contribution in [0.15, 0.2) is 36.7 Å². The van der Waals surface area contributed by atoms with Crippen LogP contribution in [0.5, 0.6) is 0 Å². The molecule has 17 heavy (non-hydrogen) atoms. The number of hydrogen-bond acceptors (Lipinski definition) is 2. The molecular weight excluding hydrogens is 208 g/mol. The maximum atomic E-state index is 6.45. The van der Waals surface area contributed by atoms with E-state index >= 15 is 0 Å². The van der Waals surface area contributed by atoms with E-state index < -0.39 is 0 Å². The third-order valence-electron chi connectivity index (χ3n) is 3.98. The Kier molecular flexibility index (Phi) is 2.81. The molecule has 88 valence electrons. The highest BCUT2D eigenvalue weighted by Gasteiger charge is 2.24. The van der Waals surface area contributed by atoms with Crippen LogP contribution in [-0.4, -0.2) is 4.98 Å². The summed E-state index contributed by atoms with van der Waals surface area (Å²) in [6.45, 7) is 0. The quantitative estimate of drug-likeness (QED) is 0.852. The fraction of sp³-hybridized carbons (Fsp3) is 0.400. The van der Waals surface area contributed by atoms with Crippen LogP contribution in [-0.2, 0) is 0 Å². The molecule has 0 radical (unpaired) electrons. The first kappa shape index (κ1) is 10.7. The van der Waals surface area contributed by atoms with E-state index in [0.717, 1.165) is 0 Å². The minimum absolute atomic E-state index is 0.184. The summed E-state index contributed by atoms with van der Waals surface area (Å²) in [5.41, 5.74) is 7.73. The highest BCUT2D eigenvalue weighted by Crippen LogP contribution is 2.36. The predicted molar refractivity (Wildman–Crippen MR) is 70.6 cm³/mol. The van der Waals surface area contributed by atoms with E-state index in [2.05, 4.69) is 29.2 Å². The largest absolute Gasteiger partial charge is 0.324 e. The Hall–Kier alpha value is -1.41.